The van der Waals surface area contributed by atoms with Gasteiger partial charge in [-0.05, 0) is 35.4 Å². The van der Waals surface area contributed by atoms with Gasteiger partial charge in [-0.1, -0.05) is 24.3 Å². The van der Waals surface area contributed by atoms with E-state index in [2.05, 4.69) is 4.52 Å². The molecule has 140 valence electrons. The fraction of sp³-hybridized carbons (Fsp3) is 0. The van der Waals surface area contributed by atoms with Gasteiger partial charge in [0.15, 0.2) is 0 Å². The molecule has 0 saturated carbocycles. The molecule has 2 unspecified atom stereocenters. The van der Waals surface area contributed by atoms with Crippen molar-refractivity contribution in [3.8, 4) is 17.2 Å². The first-order valence-electron chi connectivity index (χ1n) is 6.91. The Balaban J connectivity index is 2.18. The zero-order valence-electron chi connectivity index (χ0n) is 13.1. The lowest BCUT2D eigenvalue weighted by molar-refractivity contribution is 0.283. The minimum atomic E-state index is -4.59. The van der Waals surface area contributed by atoms with E-state index in [0.29, 0.717) is 11.3 Å². The summed E-state index contributed by atoms with van der Waals surface area (Å²) in [7, 11) is -7.44. The van der Waals surface area contributed by atoms with Crippen molar-refractivity contribution in [1.82, 2.24) is 0 Å². The Morgan fingerprint density at radius 1 is 1.00 bits per heavy atom. The van der Waals surface area contributed by atoms with Crippen LogP contribution in [-0.4, -0.2) is 19.6 Å². The Bertz CT molecular complexity index is 806. The molecular formula is C14H16NO8P3. The van der Waals surface area contributed by atoms with Gasteiger partial charge in [-0.25, -0.2) is 4.57 Å². The van der Waals surface area contributed by atoms with Crippen molar-refractivity contribution < 1.29 is 37.7 Å². The molecule has 2 rings (SSSR count). The van der Waals surface area contributed by atoms with Crippen LogP contribution in [0.4, 0.5) is 0 Å². The van der Waals surface area contributed by atoms with Gasteiger partial charge in [0.05, 0.1) is 0 Å². The van der Waals surface area contributed by atoms with Crippen LogP contribution in [0.3, 0.4) is 0 Å². The van der Waals surface area contributed by atoms with Crippen molar-refractivity contribution in [2.24, 2.45) is 5.50 Å². The summed E-state index contributed by atoms with van der Waals surface area (Å²) in [5.74, 6) is 0.664. The summed E-state index contributed by atoms with van der Waals surface area (Å²) >= 11 is 0. The molecule has 9 nitrogen and oxygen atoms in total. The Hall–Kier alpha value is -1.53. The van der Waals surface area contributed by atoms with Crippen LogP contribution in [0.15, 0.2) is 42.5 Å². The molecule has 0 spiro atoms. The lowest BCUT2D eigenvalue weighted by Gasteiger charge is -2.10. The van der Waals surface area contributed by atoms with E-state index in [0.717, 1.165) is 5.56 Å². The standard InChI is InChI=1S/C14H16NO8P3/c15-25(17)22-14-8-11(7-13(9-14)21-24-16)2-1-10-3-5-12(6-4-10)23-26(18,19)20/h1-9,16-17,24H,15H2,(H2,18,19,20)/b2-1+. The van der Waals surface area contributed by atoms with Gasteiger partial charge in [0.1, 0.15) is 17.2 Å². The second-order valence-corrected chi connectivity index (χ2v) is 7.15. The lowest BCUT2D eigenvalue weighted by Crippen LogP contribution is -1.95. The number of phosphoric ester groups is 1. The number of hydrogen-bond acceptors (Lipinski definition) is 7. The van der Waals surface area contributed by atoms with Gasteiger partial charge < -0.3 is 23.4 Å². The fourth-order valence-electron chi connectivity index (χ4n) is 1.93. The van der Waals surface area contributed by atoms with Gasteiger partial charge in [-0.15, -0.1) is 0 Å². The maximum absolute atomic E-state index is 10.8. The van der Waals surface area contributed by atoms with Crippen molar-refractivity contribution in [2.75, 3.05) is 0 Å². The highest BCUT2D eigenvalue weighted by Gasteiger charge is 2.15. The number of nitrogens with two attached hydrogens (primary N) is 1. The number of benzene rings is 2. The van der Waals surface area contributed by atoms with Crippen LogP contribution in [0.2, 0.25) is 0 Å². The Labute approximate surface area is 152 Å². The summed E-state index contributed by atoms with van der Waals surface area (Å²) < 4.78 is 25.4. The van der Waals surface area contributed by atoms with E-state index >= 15 is 0 Å². The van der Waals surface area contributed by atoms with Gasteiger partial charge in [0, 0.05) is 6.07 Å². The second-order valence-electron chi connectivity index (χ2n) is 4.81. The van der Waals surface area contributed by atoms with Crippen LogP contribution >= 0.6 is 25.4 Å². The average Bonchev–Trinajstić information content (AvgIpc) is 2.52. The SMILES string of the molecule is NP(O)Oc1cc(/C=C/c2ccc(OP(=O)(O)O)cc2)cc(OPO)c1. The van der Waals surface area contributed by atoms with Crippen molar-refractivity contribution >= 4 is 37.5 Å². The molecule has 0 aliphatic rings. The zero-order chi connectivity index (χ0) is 19.2. The van der Waals surface area contributed by atoms with Crippen LogP contribution in [0, 0.1) is 0 Å². The van der Waals surface area contributed by atoms with E-state index in [1.54, 1.807) is 36.4 Å². The molecule has 0 saturated heterocycles. The number of rotatable bonds is 8. The molecule has 0 aromatic heterocycles. The van der Waals surface area contributed by atoms with Crippen LogP contribution in [0.5, 0.6) is 17.2 Å². The maximum atomic E-state index is 10.8. The average molecular weight is 419 g/mol. The van der Waals surface area contributed by atoms with Crippen LogP contribution in [0.1, 0.15) is 11.1 Å². The summed E-state index contributed by atoms with van der Waals surface area (Å²) in [6.45, 7) is 0. The first-order valence-corrected chi connectivity index (χ1v) is 10.6. The number of phosphoric acid groups is 1. The van der Waals surface area contributed by atoms with Crippen molar-refractivity contribution in [1.29, 1.82) is 0 Å². The monoisotopic (exact) mass is 419 g/mol. The van der Waals surface area contributed by atoms with Crippen LogP contribution < -0.4 is 19.1 Å². The molecule has 2 aromatic rings. The van der Waals surface area contributed by atoms with Crippen LogP contribution in [0.25, 0.3) is 12.2 Å². The molecule has 6 N–H and O–H groups in total. The van der Waals surface area contributed by atoms with Crippen molar-refractivity contribution in [3.05, 3.63) is 53.6 Å². The van der Waals surface area contributed by atoms with Crippen molar-refractivity contribution in [3.63, 3.8) is 0 Å². The lowest BCUT2D eigenvalue weighted by atomic mass is 10.1. The molecule has 2 aromatic carbocycles. The third-order valence-corrected chi connectivity index (χ3v) is 4.01. The third kappa shape index (κ3) is 7.38. The highest BCUT2D eigenvalue weighted by atomic mass is 31.2. The van der Waals surface area contributed by atoms with Crippen molar-refractivity contribution in [2.45, 2.75) is 0 Å². The Kier molecular flexibility index (Phi) is 7.53. The van der Waals surface area contributed by atoms with Gasteiger partial charge in [-0.2, -0.15) is 0 Å². The minimum Gasteiger partial charge on any atom is -0.450 e. The third-order valence-electron chi connectivity index (χ3n) is 2.84. The number of hydrogen-bond donors (Lipinski definition) is 5. The highest BCUT2D eigenvalue weighted by Crippen LogP contribution is 2.37. The first kappa shape index (κ1) is 20.8. The second kappa shape index (κ2) is 9.42. The van der Waals surface area contributed by atoms with E-state index in [9.17, 15) is 9.46 Å². The molecule has 0 heterocycles. The van der Waals surface area contributed by atoms with Gasteiger partial charge >= 0.3 is 16.3 Å². The normalized spacial score (nSPS) is 13.3. The summed E-state index contributed by atoms with van der Waals surface area (Å²) in [6.07, 6.45) is 3.45. The van der Waals surface area contributed by atoms with E-state index in [1.807, 2.05) is 0 Å². The summed E-state index contributed by atoms with van der Waals surface area (Å²) in [5, 5.41) is 0. The Morgan fingerprint density at radius 3 is 2.19 bits per heavy atom. The first-order chi connectivity index (χ1) is 12.2. The molecule has 2 atom stereocenters. The topological polar surface area (TPSA) is 152 Å². The molecule has 12 heteroatoms. The molecule has 0 aliphatic carbocycles. The van der Waals surface area contributed by atoms with Gasteiger partial charge in [0.25, 0.3) is 0 Å². The smallest absolute Gasteiger partial charge is 0.450 e. The molecular weight excluding hydrogens is 403 g/mol. The van der Waals surface area contributed by atoms with Crippen LogP contribution in [-0.2, 0) is 4.57 Å². The van der Waals surface area contributed by atoms with E-state index in [-0.39, 0.29) is 11.5 Å². The predicted octanol–water partition coefficient (Wildman–Crippen LogP) is 2.76. The van der Waals surface area contributed by atoms with Gasteiger partial charge in [-0.3, -0.25) is 15.3 Å². The molecule has 0 fully saturated rings. The summed E-state index contributed by atoms with van der Waals surface area (Å²) in [4.78, 5) is 35.6. The predicted molar refractivity (Wildman–Crippen MR) is 99.6 cm³/mol. The van der Waals surface area contributed by atoms with E-state index in [4.69, 9.17) is 29.2 Å². The van der Waals surface area contributed by atoms with E-state index in [1.165, 1.54) is 18.2 Å². The largest absolute Gasteiger partial charge is 0.524 e. The molecule has 0 radical (unpaired) electrons. The molecule has 0 aliphatic heterocycles. The van der Waals surface area contributed by atoms with E-state index < -0.39 is 25.4 Å². The molecule has 26 heavy (non-hydrogen) atoms. The minimum absolute atomic E-state index is 0.0461. The molecule has 0 bridgehead atoms. The fourth-order valence-corrected chi connectivity index (χ4v) is 2.87. The molecule has 0 amide bonds. The zero-order valence-corrected chi connectivity index (χ0v) is 15.9. The van der Waals surface area contributed by atoms with Gasteiger partial charge in [0.2, 0.25) is 9.03 Å². The highest BCUT2D eigenvalue weighted by molar-refractivity contribution is 7.46. The quantitative estimate of drug-likeness (QED) is 0.321. The summed E-state index contributed by atoms with van der Waals surface area (Å²) in [6, 6.07) is 10.8. The Morgan fingerprint density at radius 2 is 1.62 bits per heavy atom. The summed E-state index contributed by atoms with van der Waals surface area (Å²) in [5.41, 5.74) is 6.64. The maximum Gasteiger partial charge on any atom is 0.524 e.